The predicted molar refractivity (Wildman–Crippen MR) is 62.0 cm³/mol. The molecule has 0 aliphatic heterocycles. The summed E-state index contributed by atoms with van der Waals surface area (Å²) in [5.74, 6) is -1.08. The van der Waals surface area contributed by atoms with Gasteiger partial charge in [0.1, 0.15) is 6.04 Å². The maximum absolute atomic E-state index is 11.4. The van der Waals surface area contributed by atoms with Crippen LogP contribution in [0.15, 0.2) is 0 Å². The molecule has 0 aliphatic rings. The molecule has 0 aromatic heterocycles. The van der Waals surface area contributed by atoms with Crippen molar-refractivity contribution < 1.29 is 14.7 Å². The third-order valence-corrected chi connectivity index (χ3v) is 2.62. The van der Waals surface area contributed by atoms with Crippen LogP contribution in [0.3, 0.4) is 0 Å². The molecule has 1 atom stereocenters. The van der Waals surface area contributed by atoms with Gasteiger partial charge < -0.3 is 10.4 Å². The Balaban J connectivity index is 4.27. The van der Waals surface area contributed by atoms with Gasteiger partial charge in [-0.05, 0) is 5.41 Å². The van der Waals surface area contributed by atoms with Crippen LogP contribution in [0.1, 0.15) is 20.8 Å². The zero-order valence-electron chi connectivity index (χ0n) is 9.61. The summed E-state index contributed by atoms with van der Waals surface area (Å²) in [6.45, 7) is 5.23. The molecule has 1 amide bonds. The first-order chi connectivity index (χ1) is 7.29. The first-order valence-corrected chi connectivity index (χ1v) is 5.91. The highest BCUT2D eigenvalue weighted by molar-refractivity contribution is 8.00. The van der Waals surface area contributed by atoms with Gasteiger partial charge in [0.2, 0.25) is 5.91 Å². The van der Waals surface area contributed by atoms with E-state index >= 15 is 0 Å². The number of carboxylic acid groups (broad SMARTS) is 1. The summed E-state index contributed by atoms with van der Waals surface area (Å²) in [5.41, 5.74) is -0.540. The summed E-state index contributed by atoms with van der Waals surface area (Å²) in [5, 5.41) is 19.7. The topological polar surface area (TPSA) is 90.2 Å². The number of hydrogen-bond acceptors (Lipinski definition) is 4. The maximum atomic E-state index is 11.4. The van der Waals surface area contributed by atoms with Gasteiger partial charge in [-0.3, -0.25) is 4.79 Å². The fourth-order valence-electron chi connectivity index (χ4n) is 1.04. The lowest BCUT2D eigenvalue weighted by Gasteiger charge is -2.27. The first kappa shape index (κ1) is 14.8. The molecule has 0 bridgehead atoms. The number of nitrogens with zero attached hydrogens (tertiary/aromatic N) is 1. The van der Waals surface area contributed by atoms with E-state index in [0.717, 1.165) is 11.8 Å². The number of aliphatic carboxylic acids is 1. The van der Waals surface area contributed by atoms with Crippen molar-refractivity contribution in [2.24, 2.45) is 5.41 Å². The van der Waals surface area contributed by atoms with Crippen LogP contribution in [-0.4, -0.2) is 34.5 Å². The summed E-state index contributed by atoms with van der Waals surface area (Å²) in [7, 11) is 0. The monoisotopic (exact) mass is 244 g/mol. The van der Waals surface area contributed by atoms with Crippen molar-refractivity contribution in [1.29, 1.82) is 5.26 Å². The van der Waals surface area contributed by atoms with Crippen molar-refractivity contribution >= 4 is 23.6 Å². The minimum Gasteiger partial charge on any atom is -0.480 e. The second kappa shape index (κ2) is 6.38. The van der Waals surface area contributed by atoms with E-state index < -0.39 is 17.4 Å². The van der Waals surface area contributed by atoms with Gasteiger partial charge in [0.05, 0.1) is 17.6 Å². The molecule has 0 aromatic rings. The fourth-order valence-corrected chi connectivity index (χ4v) is 1.50. The zero-order valence-corrected chi connectivity index (χ0v) is 10.4. The average molecular weight is 244 g/mol. The lowest BCUT2D eigenvalue weighted by Crippen LogP contribution is -2.49. The molecule has 2 N–H and O–H groups in total. The van der Waals surface area contributed by atoms with E-state index in [0.29, 0.717) is 0 Å². The third kappa shape index (κ3) is 5.61. The van der Waals surface area contributed by atoms with Gasteiger partial charge in [0, 0.05) is 0 Å². The molecule has 0 aliphatic carbocycles. The quantitative estimate of drug-likeness (QED) is 0.700. The molecule has 6 heteroatoms. The van der Waals surface area contributed by atoms with E-state index in [4.69, 9.17) is 10.4 Å². The molecule has 0 saturated heterocycles. The van der Waals surface area contributed by atoms with Crippen LogP contribution in [-0.2, 0) is 9.59 Å². The summed E-state index contributed by atoms with van der Waals surface area (Å²) in [4.78, 5) is 22.3. The number of carbonyl (C=O) groups is 2. The maximum Gasteiger partial charge on any atom is 0.326 e. The van der Waals surface area contributed by atoms with Crippen molar-refractivity contribution in [2.75, 3.05) is 11.5 Å². The minimum atomic E-state index is -1.05. The van der Waals surface area contributed by atoms with Crippen LogP contribution in [0.5, 0.6) is 0 Å². The van der Waals surface area contributed by atoms with Crippen LogP contribution in [0.25, 0.3) is 0 Å². The highest BCUT2D eigenvalue weighted by atomic mass is 32.2. The van der Waals surface area contributed by atoms with Gasteiger partial charge in [0.15, 0.2) is 0 Å². The Morgan fingerprint density at radius 3 is 2.44 bits per heavy atom. The van der Waals surface area contributed by atoms with Crippen LogP contribution >= 0.6 is 11.8 Å². The molecule has 0 fully saturated rings. The van der Waals surface area contributed by atoms with Gasteiger partial charge in [-0.15, -0.1) is 11.8 Å². The molecule has 0 unspecified atom stereocenters. The molecule has 0 radical (unpaired) electrons. The summed E-state index contributed by atoms with van der Waals surface area (Å²) in [6.07, 6.45) is 0. The van der Waals surface area contributed by atoms with Gasteiger partial charge in [-0.1, -0.05) is 20.8 Å². The van der Waals surface area contributed by atoms with Crippen molar-refractivity contribution in [3.8, 4) is 6.07 Å². The highest BCUT2D eigenvalue weighted by Gasteiger charge is 2.32. The number of nitrogens with one attached hydrogen (secondary N) is 1. The van der Waals surface area contributed by atoms with E-state index in [1.54, 1.807) is 20.8 Å². The van der Waals surface area contributed by atoms with Crippen LogP contribution in [0.4, 0.5) is 0 Å². The first-order valence-electron chi connectivity index (χ1n) is 4.76. The average Bonchev–Trinajstić information content (AvgIpc) is 2.12. The van der Waals surface area contributed by atoms with Gasteiger partial charge >= 0.3 is 5.97 Å². The third-order valence-electron chi connectivity index (χ3n) is 1.82. The Kier molecular flexibility index (Phi) is 5.89. The molecular weight excluding hydrogens is 228 g/mol. The number of hydrogen-bond donors (Lipinski definition) is 2. The molecule has 0 aromatic carbocycles. The Hall–Kier alpha value is -1.22. The molecule has 90 valence electrons. The summed E-state index contributed by atoms with van der Waals surface area (Å²) < 4.78 is 0. The molecule has 0 saturated carbocycles. The second-order valence-electron chi connectivity index (χ2n) is 4.36. The van der Waals surface area contributed by atoms with E-state index in [1.807, 2.05) is 6.07 Å². The van der Waals surface area contributed by atoms with Crippen molar-refractivity contribution in [1.82, 2.24) is 5.32 Å². The lowest BCUT2D eigenvalue weighted by atomic mass is 9.87. The van der Waals surface area contributed by atoms with Crippen molar-refractivity contribution in [2.45, 2.75) is 26.8 Å². The molecular formula is C10H16N2O3S. The van der Waals surface area contributed by atoms with E-state index in [1.165, 1.54) is 0 Å². The van der Waals surface area contributed by atoms with E-state index in [9.17, 15) is 9.59 Å². The Morgan fingerprint density at radius 1 is 1.50 bits per heavy atom. The lowest BCUT2D eigenvalue weighted by molar-refractivity contribution is -0.144. The molecule has 0 spiro atoms. The number of thioether (sulfide) groups is 1. The van der Waals surface area contributed by atoms with Gasteiger partial charge in [-0.25, -0.2) is 4.79 Å². The number of carbonyl (C=O) groups excluding carboxylic acids is 1. The minimum absolute atomic E-state index is 0.105. The Bertz CT molecular complexity index is 304. The van der Waals surface area contributed by atoms with Crippen LogP contribution < -0.4 is 5.32 Å². The predicted octanol–water partition coefficient (Wildman–Crippen LogP) is 0.859. The van der Waals surface area contributed by atoms with Gasteiger partial charge in [-0.2, -0.15) is 5.26 Å². The smallest absolute Gasteiger partial charge is 0.326 e. The van der Waals surface area contributed by atoms with Crippen molar-refractivity contribution in [3.63, 3.8) is 0 Å². The van der Waals surface area contributed by atoms with Gasteiger partial charge in [0.25, 0.3) is 0 Å². The SMILES string of the molecule is CC(C)(C)[C@H](NC(=O)CSCC#N)C(=O)O. The Labute approximate surface area is 99.2 Å². The van der Waals surface area contributed by atoms with E-state index in [2.05, 4.69) is 5.32 Å². The number of nitriles is 1. The highest BCUT2D eigenvalue weighted by Crippen LogP contribution is 2.19. The molecule has 0 heterocycles. The number of rotatable bonds is 5. The van der Waals surface area contributed by atoms with Crippen LogP contribution in [0.2, 0.25) is 0 Å². The summed E-state index contributed by atoms with van der Waals surface area (Å²) >= 11 is 1.16. The summed E-state index contributed by atoms with van der Waals surface area (Å²) in [6, 6.07) is 0.982. The van der Waals surface area contributed by atoms with E-state index in [-0.39, 0.29) is 17.4 Å². The molecule has 16 heavy (non-hydrogen) atoms. The zero-order chi connectivity index (χ0) is 12.8. The molecule has 5 nitrogen and oxygen atoms in total. The molecule has 0 rings (SSSR count). The number of carboxylic acids is 1. The van der Waals surface area contributed by atoms with Crippen molar-refractivity contribution in [3.05, 3.63) is 0 Å². The normalized spacial score (nSPS) is 12.6. The van der Waals surface area contributed by atoms with Crippen LogP contribution in [0, 0.1) is 16.7 Å². The fraction of sp³-hybridized carbons (Fsp3) is 0.700. The standard InChI is InChI=1S/C10H16N2O3S/c1-10(2,3)8(9(14)15)12-7(13)6-16-5-4-11/h8H,5-6H2,1-3H3,(H,12,13)(H,14,15)/t8-/m1/s1. The second-order valence-corrected chi connectivity index (χ2v) is 5.34. The largest absolute Gasteiger partial charge is 0.480 e. The Morgan fingerprint density at radius 2 is 2.06 bits per heavy atom. The number of amides is 1.